The van der Waals surface area contributed by atoms with Gasteiger partial charge in [-0.25, -0.2) is 8.42 Å². The van der Waals surface area contributed by atoms with E-state index in [4.69, 9.17) is 23.2 Å². The molecule has 0 spiro atoms. The van der Waals surface area contributed by atoms with Crippen LogP contribution in [0.2, 0.25) is 10.0 Å². The Bertz CT molecular complexity index is 1440. The van der Waals surface area contributed by atoms with E-state index in [-0.39, 0.29) is 44.2 Å². The fraction of sp³-hybridized carbons (Fsp3) is 0.167. The van der Waals surface area contributed by atoms with Gasteiger partial charge in [0.15, 0.2) is 0 Å². The van der Waals surface area contributed by atoms with Gasteiger partial charge in [-0.3, -0.25) is 14.8 Å². The number of sulfonamides is 1. The quantitative estimate of drug-likeness (QED) is 0.228. The number of benzene rings is 3. The van der Waals surface area contributed by atoms with Gasteiger partial charge in [0.05, 0.1) is 31.6 Å². The van der Waals surface area contributed by atoms with Crippen molar-refractivity contribution >= 4 is 50.3 Å². The highest BCUT2D eigenvalue weighted by Crippen LogP contribution is 2.50. The fourth-order valence-corrected chi connectivity index (χ4v) is 6.20. The van der Waals surface area contributed by atoms with Crippen LogP contribution >= 0.6 is 23.2 Å². The number of nitrogens with zero attached hydrogens (tertiary/aromatic N) is 1. The maximum absolute atomic E-state index is 13.1. The highest BCUT2D eigenvalue weighted by molar-refractivity contribution is 7.92. The first-order chi connectivity index (χ1) is 16.2. The molecule has 10 heteroatoms. The number of nitro benzene ring substituents is 1. The summed E-state index contributed by atoms with van der Waals surface area (Å²) in [6.07, 6.45) is 4.92. The number of allylic oxidation sites excluding steroid dienone is 2. The summed E-state index contributed by atoms with van der Waals surface area (Å²) in [7, 11) is -3.92. The number of hydrogen-bond acceptors (Lipinski definition) is 5. The smallest absolute Gasteiger partial charge is 0.269 e. The number of anilines is 2. The van der Waals surface area contributed by atoms with E-state index in [1.54, 1.807) is 42.5 Å². The van der Waals surface area contributed by atoms with Crippen molar-refractivity contribution in [3.63, 3.8) is 0 Å². The molecule has 1 aliphatic heterocycles. The largest absolute Gasteiger partial charge is 0.378 e. The highest BCUT2D eigenvalue weighted by Gasteiger charge is 2.38. The molecule has 1 aliphatic carbocycles. The molecule has 174 valence electrons. The molecule has 0 unspecified atom stereocenters. The van der Waals surface area contributed by atoms with Gasteiger partial charge in [-0.05, 0) is 53.8 Å². The van der Waals surface area contributed by atoms with Gasteiger partial charge in [-0.15, -0.1) is 0 Å². The Balaban J connectivity index is 1.50. The molecule has 3 atom stereocenters. The zero-order chi connectivity index (χ0) is 24.0. The van der Waals surface area contributed by atoms with Crippen molar-refractivity contribution in [1.29, 1.82) is 0 Å². The molecule has 1 heterocycles. The molecular formula is C24H19Cl2N3O4S. The van der Waals surface area contributed by atoms with Gasteiger partial charge in [0.2, 0.25) is 0 Å². The fourth-order valence-electron chi connectivity index (χ4n) is 4.69. The molecule has 0 saturated heterocycles. The first-order valence-electron chi connectivity index (χ1n) is 10.5. The monoisotopic (exact) mass is 515 g/mol. The number of rotatable bonds is 5. The Labute approximate surface area is 206 Å². The summed E-state index contributed by atoms with van der Waals surface area (Å²) in [6, 6.07) is 16.2. The predicted molar refractivity (Wildman–Crippen MR) is 133 cm³/mol. The molecule has 0 saturated carbocycles. The van der Waals surface area contributed by atoms with E-state index >= 15 is 0 Å². The van der Waals surface area contributed by atoms with Gasteiger partial charge < -0.3 is 5.32 Å². The first kappa shape index (κ1) is 22.7. The minimum absolute atomic E-state index is 0.0228. The second-order valence-corrected chi connectivity index (χ2v) is 10.8. The summed E-state index contributed by atoms with van der Waals surface area (Å²) >= 11 is 12.2. The van der Waals surface area contributed by atoms with E-state index in [1.807, 2.05) is 6.07 Å². The lowest BCUT2D eigenvalue weighted by Gasteiger charge is -2.37. The van der Waals surface area contributed by atoms with Gasteiger partial charge in [-0.1, -0.05) is 53.6 Å². The maximum Gasteiger partial charge on any atom is 0.269 e. The zero-order valence-corrected chi connectivity index (χ0v) is 19.9. The summed E-state index contributed by atoms with van der Waals surface area (Å²) in [5, 5.41) is 15.1. The zero-order valence-electron chi connectivity index (χ0n) is 17.6. The summed E-state index contributed by atoms with van der Waals surface area (Å²) in [5.74, 6) is 0.0770. The minimum atomic E-state index is -3.92. The molecule has 2 N–H and O–H groups in total. The van der Waals surface area contributed by atoms with Gasteiger partial charge in [0, 0.05) is 23.7 Å². The third-order valence-electron chi connectivity index (χ3n) is 6.28. The number of nitrogens with one attached hydrogen (secondary N) is 2. The highest BCUT2D eigenvalue weighted by atomic mass is 35.5. The van der Waals surface area contributed by atoms with Crippen molar-refractivity contribution < 1.29 is 13.3 Å². The van der Waals surface area contributed by atoms with E-state index in [0.29, 0.717) is 0 Å². The minimum Gasteiger partial charge on any atom is -0.378 e. The lowest BCUT2D eigenvalue weighted by Crippen LogP contribution is -2.29. The summed E-state index contributed by atoms with van der Waals surface area (Å²) in [5.41, 5.74) is 2.73. The second-order valence-electron chi connectivity index (χ2n) is 8.28. The Morgan fingerprint density at radius 2 is 1.85 bits per heavy atom. The lowest BCUT2D eigenvalue weighted by molar-refractivity contribution is -0.384. The molecular weight excluding hydrogens is 497 g/mol. The van der Waals surface area contributed by atoms with Crippen molar-refractivity contribution in [2.45, 2.75) is 23.3 Å². The van der Waals surface area contributed by atoms with Crippen molar-refractivity contribution in [1.82, 2.24) is 0 Å². The van der Waals surface area contributed by atoms with Crippen molar-refractivity contribution in [2.75, 3.05) is 10.0 Å². The molecule has 0 radical (unpaired) electrons. The SMILES string of the molecule is O=[N+]([O-])c1cccc([C@H]2Nc3ccc(S(=O)(=O)Nc4cccc(Cl)c4Cl)cc3[C@H]3C=CC[C@H]32)c1. The topological polar surface area (TPSA) is 101 Å². The average molecular weight is 516 g/mol. The number of halogens is 2. The van der Waals surface area contributed by atoms with E-state index in [0.717, 1.165) is 23.2 Å². The molecule has 0 aromatic heterocycles. The van der Waals surface area contributed by atoms with Crippen LogP contribution in [-0.2, 0) is 10.0 Å². The Morgan fingerprint density at radius 1 is 1.06 bits per heavy atom. The van der Waals surface area contributed by atoms with Crippen LogP contribution in [0.4, 0.5) is 17.1 Å². The average Bonchev–Trinajstić information content (AvgIpc) is 3.31. The van der Waals surface area contributed by atoms with Crippen LogP contribution in [-0.4, -0.2) is 13.3 Å². The second kappa shape index (κ2) is 8.61. The standard InChI is InChI=1S/C24H19Cl2N3O4S/c25-20-8-3-9-22(23(20)26)28-34(32,33)16-10-11-21-19(13-16)17-6-2-7-18(17)24(27-21)14-4-1-5-15(12-14)29(30)31/h1-6,8-13,17-18,24,27-28H,7H2/t17-,18+,24+/m0/s1. The van der Waals surface area contributed by atoms with Crippen LogP contribution in [0.25, 0.3) is 0 Å². The normalized spacial score (nSPS) is 20.8. The Morgan fingerprint density at radius 3 is 2.65 bits per heavy atom. The summed E-state index contributed by atoms with van der Waals surface area (Å²) in [4.78, 5) is 11.0. The van der Waals surface area contributed by atoms with Crippen molar-refractivity contribution in [2.24, 2.45) is 5.92 Å². The lowest BCUT2D eigenvalue weighted by atomic mass is 9.77. The third-order valence-corrected chi connectivity index (χ3v) is 8.46. The van der Waals surface area contributed by atoms with Crippen molar-refractivity contribution in [3.05, 3.63) is 104 Å². The van der Waals surface area contributed by atoms with Crippen LogP contribution in [0.15, 0.2) is 77.7 Å². The summed E-state index contributed by atoms with van der Waals surface area (Å²) in [6.45, 7) is 0. The molecule has 5 rings (SSSR count). The molecule has 0 bridgehead atoms. The predicted octanol–water partition coefficient (Wildman–Crippen LogP) is 6.53. The maximum atomic E-state index is 13.1. The number of fused-ring (bicyclic) bond motifs is 3. The number of hydrogen-bond donors (Lipinski definition) is 2. The molecule has 0 fully saturated rings. The molecule has 7 nitrogen and oxygen atoms in total. The van der Waals surface area contributed by atoms with E-state index in [2.05, 4.69) is 22.2 Å². The van der Waals surface area contributed by atoms with Crippen LogP contribution in [0.3, 0.4) is 0 Å². The van der Waals surface area contributed by atoms with Crippen molar-refractivity contribution in [3.8, 4) is 0 Å². The molecule has 34 heavy (non-hydrogen) atoms. The number of nitro groups is 1. The van der Waals surface area contributed by atoms with Crippen LogP contribution < -0.4 is 10.0 Å². The van der Waals surface area contributed by atoms with Gasteiger partial charge >= 0.3 is 0 Å². The Kier molecular flexibility index (Phi) is 5.75. The first-order valence-corrected chi connectivity index (χ1v) is 12.8. The number of non-ortho nitro benzene ring substituents is 1. The van der Waals surface area contributed by atoms with Gasteiger partial charge in [0.25, 0.3) is 15.7 Å². The Hall–Kier alpha value is -3.07. The van der Waals surface area contributed by atoms with Gasteiger partial charge in [-0.2, -0.15) is 0 Å². The van der Waals surface area contributed by atoms with E-state index < -0.39 is 14.9 Å². The molecule has 3 aromatic rings. The third kappa shape index (κ3) is 4.02. The summed E-state index contributed by atoms with van der Waals surface area (Å²) < 4.78 is 28.7. The molecule has 2 aliphatic rings. The molecule has 3 aromatic carbocycles. The van der Waals surface area contributed by atoms with E-state index in [9.17, 15) is 18.5 Å². The van der Waals surface area contributed by atoms with Crippen LogP contribution in [0.5, 0.6) is 0 Å². The van der Waals surface area contributed by atoms with Crippen LogP contribution in [0, 0.1) is 16.0 Å². The molecule has 0 amide bonds. The van der Waals surface area contributed by atoms with Gasteiger partial charge in [0.1, 0.15) is 0 Å². The van der Waals surface area contributed by atoms with E-state index in [1.165, 1.54) is 12.1 Å². The van der Waals surface area contributed by atoms with Crippen LogP contribution in [0.1, 0.15) is 29.5 Å².